The van der Waals surface area contributed by atoms with Gasteiger partial charge in [-0.25, -0.2) is 0 Å². The van der Waals surface area contributed by atoms with E-state index in [1.54, 1.807) is 18.2 Å². The summed E-state index contributed by atoms with van der Waals surface area (Å²) in [5, 5.41) is 5.07. The quantitative estimate of drug-likeness (QED) is 0.693. The average molecular weight is 275 g/mol. The van der Waals surface area contributed by atoms with Gasteiger partial charge in [-0.15, -0.1) is 0 Å². The van der Waals surface area contributed by atoms with Crippen LogP contribution in [-0.4, -0.2) is 11.8 Å². The van der Waals surface area contributed by atoms with Gasteiger partial charge in [-0.3, -0.25) is 9.59 Å². The highest BCUT2D eigenvalue weighted by Crippen LogP contribution is 2.30. The fourth-order valence-corrected chi connectivity index (χ4v) is 2.43. The Kier molecular flexibility index (Phi) is 1.88. The lowest BCUT2D eigenvalue weighted by atomic mass is 9.95. The summed E-state index contributed by atoms with van der Waals surface area (Å²) in [6.07, 6.45) is 0. The first kappa shape index (κ1) is 9.54. The first-order valence-electron chi connectivity index (χ1n) is 4.69. The molecule has 3 nitrogen and oxygen atoms in total. The number of carbonyl (C=O) groups excluding carboxylic acids is 2. The number of benzene rings is 2. The summed E-state index contributed by atoms with van der Waals surface area (Å²) in [5.74, 6) is -0.916. The van der Waals surface area contributed by atoms with Crippen LogP contribution in [0.15, 0.2) is 34.8 Å². The molecule has 3 rings (SSSR count). The van der Waals surface area contributed by atoms with Crippen molar-refractivity contribution in [3.05, 3.63) is 45.9 Å². The van der Waals surface area contributed by atoms with E-state index in [9.17, 15) is 9.59 Å². The summed E-state index contributed by atoms with van der Waals surface area (Å²) in [7, 11) is 0. The van der Waals surface area contributed by atoms with E-state index in [4.69, 9.17) is 0 Å². The molecule has 0 saturated heterocycles. The van der Waals surface area contributed by atoms with Crippen molar-refractivity contribution in [2.24, 2.45) is 0 Å². The van der Waals surface area contributed by atoms with E-state index >= 15 is 0 Å². The Labute approximate surface area is 99.6 Å². The molecule has 0 aromatic heterocycles. The van der Waals surface area contributed by atoms with Crippen LogP contribution in [0.5, 0.6) is 0 Å². The van der Waals surface area contributed by atoms with Gasteiger partial charge >= 0.3 is 0 Å². The molecule has 1 radical (unpaired) electrons. The van der Waals surface area contributed by atoms with Gasteiger partial charge < -0.3 is 0 Å². The van der Waals surface area contributed by atoms with Crippen molar-refractivity contribution in [1.82, 2.24) is 5.32 Å². The monoisotopic (exact) mass is 274 g/mol. The van der Waals surface area contributed by atoms with Crippen molar-refractivity contribution >= 4 is 38.5 Å². The van der Waals surface area contributed by atoms with E-state index in [0.717, 1.165) is 9.86 Å². The zero-order chi connectivity index (χ0) is 11.3. The normalized spacial score (nSPS) is 14.1. The smallest absolute Gasteiger partial charge is 0.267 e. The van der Waals surface area contributed by atoms with Gasteiger partial charge in [0.05, 0.1) is 11.1 Å². The van der Waals surface area contributed by atoms with Gasteiger partial charge in [0.25, 0.3) is 11.8 Å². The number of nitrogens with zero attached hydrogens (tertiary/aromatic N) is 1. The summed E-state index contributed by atoms with van der Waals surface area (Å²) in [6.45, 7) is 0. The van der Waals surface area contributed by atoms with Crippen LogP contribution < -0.4 is 5.32 Å². The largest absolute Gasteiger partial charge is 0.281 e. The molecule has 4 heteroatoms. The van der Waals surface area contributed by atoms with Crippen molar-refractivity contribution in [2.45, 2.75) is 0 Å². The highest BCUT2D eigenvalue weighted by atomic mass is 79.9. The molecule has 0 bridgehead atoms. The Morgan fingerprint density at radius 2 is 1.75 bits per heavy atom. The molecule has 0 N–H and O–H groups in total. The van der Waals surface area contributed by atoms with Gasteiger partial charge in [0.1, 0.15) is 0 Å². The molecule has 0 unspecified atom stereocenters. The van der Waals surface area contributed by atoms with Gasteiger partial charge in [-0.05, 0) is 23.6 Å². The first-order chi connectivity index (χ1) is 7.66. The number of halogens is 1. The van der Waals surface area contributed by atoms with E-state index in [0.29, 0.717) is 16.5 Å². The number of hydrogen-bond donors (Lipinski definition) is 0. The van der Waals surface area contributed by atoms with E-state index in [2.05, 4.69) is 21.2 Å². The molecule has 0 saturated carbocycles. The van der Waals surface area contributed by atoms with Crippen LogP contribution in [0.25, 0.3) is 10.8 Å². The highest BCUT2D eigenvalue weighted by molar-refractivity contribution is 9.10. The van der Waals surface area contributed by atoms with Crippen LogP contribution in [0.2, 0.25) is 0 Å². The second-order valence-electron chi connectivity index (χ2n) is 3.58. The first-order valence-corrected chi connectivity index (χ1v) is 5.49. The third-order valence-corrected chi connectivity index (χ3v) is 3.06. The third-order valence-electron chi connectivity index (χ3n) is 2.61. The van der Waals surface area contributed by atoms with Crippen molar-refractivity contribution in [2.75, 3.05) is 0 Å². The summed E-state index contributed by atoms with van der Waals surface area (Å²) < 4.78 is 0.810. The molecule has 16 heavy (non-hydrogen) atoms. The number of hydrogen-bond acceptors (Lipinski definition) is 2. The van der Waals surface area contributed by atoms with Crippen molar-refractivity contribution in [3.8, 4) is 0 Å². The van der Waals surface area contributed by atoms with Crippen LogP contribution in [0.1, 0.15) is 20.7 Å². The lowest BCUT2D eigenvalue weighted by Gasteiger charge is -2.14. The van der Waals surface area contributed by atoms with E-state index in [-0.39, 0.29) is 0 Å². The zero-order valence-corrected chi connectivity index (χ0v) is 9.61. The van der Waals surface area contributed by atoms with Crippen LogP contribution in [-0.2, 0) is 0 Å². The van der Waals surface area contributed by atoms with Crippen LogP contribution in [0.4, 0.5) is 0 Å². The number of amides is 2. The minimum atomic E-state index is -0.463. The molecule has 1 aliphatic rings. The zero-order valence-electron chi connectivity index (χ0n) is 8.03. The second-order valence-corrected chi connectivity index (χ2v) is 4.49. The van der Waals surface area contributed by atoms with Crippen LogP contribution in [0, 0.1) is 0 Å². The average Bonchev–Trinajstić information content (AvgIpc) is 2.25. The molecule has 2 amide bonds. The number of carbonyl (C=O) groups is 2. The Morgan fingerprint density at radius 1 is 1.00 bits per heavy atom. The predicted molar refractivity (Wildman–Crippen MR) is 62.4 cm³/mol. The number of imide groups is 1. The molecule has 0 fully saturated rings. The number of rotatable bonds is 0. The van der Waals surface area contributed by atoms with Crippen LogP contribution >= 0.6 is 15.9 Å². The molecule has 77 valence electrons. The van der Waals surface area contributed by atoms with Gasteiger partial charge in [0.15, 0.2) is 0 Å². The van der Waals surface area contributed by atoms with Gasteiger partial charge in [-0.1, -0.05) is 28.1 Å². The maximum atomic E-state index is 11.6. The van der Waals surface area contributed by atoms with Gasteiger partial charge in [-0.2, -0.15) is 5.32 Å². The molecular formula is C12H5BrNO2. The molecule has 0 spiro atoms. The SMILES string of the molecule is O=C1[N]C(=O)c2cc(Br)cc3cccc1c23. The maximum Gasteiger partial charge on any atom is 0.281 e. The van der Waals surface area contributed by atoms with Crippen LogP contribution in [0.3, 0.4) is 0 Å². The predicted octanol–water partition coefficient (Wildman–Crippen LogP) is 2.50. The summed E-state index contributed by atoms with van der Waals surface area (Å²) in [4.78, 5) is 23.2. The Morgan fingerprint density at radius 3 is 2.56 bits per heavy atom. The van der Waals surface area contributed by atoms with Gasteiger partial charge in [0, 0.05) is 9.86 Å². The second kappa shape index (κ2) is 3.15. The molecule has 0 aliphatic carbocycles. The highest BCUT2D eigenvalue weighted by Gasteiger charge is 2.26. The molecule has 1 aliphatic heterocycles. The lowest BCUT2D eigenvalue weighted by Crippen LogP contribution is -2.28. The van der Waals surface area contributed by atoms with E-state index < -0.39 is 11.8 Å². The third kappa shape index (κ3) is 1.20. The van der Waals surface area contributed by atoms with E-state index in [1.807, 2.05) is 12.1 Å². The van der Waals surface area contributed by atoms with E-state index in [1.165, 1.54) is 0 Å². The molecular weight excluding hydrogens is 270 g/mol. The molecule has 2 aromatic carbocycles. The Hall–Kier alpha value is -1.68. The fourth-order valence-electron chi connectivity index (χ4n) is 1.95. The summed E-state index contributed by atoms with van der Waals surface area (Å²) >= 11 is 3.34. The fraction of sp³-hybridized carbons (Fsp3) is 0. The summed E-state index contributed by atoms with van der Waals surface area (Å²) in [6, 6.07) is 8.94. The summed E-state index contributed by atoms with van der Waals surface area (Å²) in [5.41, 5.74) is 0.985. The van der Waals surface area contributed by atoms with Crippen molar-refractivity contribution in [1.29, 1.82) is 0 Å². The molecule has 2 aromatic rings. The minimum Gasteiger partial charge on any atom is -0.267 e. The maximum absolute atomic E-state index is 11.6. The molecule has 1 heterocycles. The van der Waals surface area contributed by atoms with Crippen molar-refractivity contribution < 1.29 is 9.59 Å². The Bertz CT molecular complexity index is 649. The standard InChI is InChI=1S/C12H5BrNO2/c13-7-4-6-2-1-3-8-10(6)9(5-7)12(16)14-11(8)15/h1-5H. The van der Waals surface area contributed by atoms with Gasteiger partial charge in [0.2, 0.25) is 0 Å². The van der Waals surface area contributed by atoms with Crippen molar-refractivity contribution in [3.63, 3.8) is 0 Å². The Balaban J connectivity index is 2.55. The minimum absolute atomic E-state index is 0.453. The topological polar surface area (TPSA) is 48.2 Å². The lowest BCUT2D eigenvalue weighted by molar-refractivity contribution is 0.0838. The molecule has 0 atom stereocenters.